The molecule has 0 aromatic carbocycles. The van der Waals surface area contributed by atoms with Crippen LogP contribution in [0, 0.1) is 0 Å². The lowest BCUT2D eigenvalue weighted by atomic mass is 10.3. The second-order valence-corrected chi connectivity index (χ2v) is 1.67. The fraction of sp³-hybridized carbons (Fsp3) is 1.00. The van der Waals surface area contributed by atoms with Gasteiger partial charge in [0.15, 0.2) is 6.29 Å². The average Bonchev–Trinajstić information content (AvgIpc) is 1.68. The monoisotopic (exact) mass is 117 g/mol. The molecule has 0 heterocycles. The minimum absolute atomic E-state index is 0.536. The van der Waals surface area contributed by atoms with Crippen molar-refractivity contribution in [2.45, 2.75) is 33.0 Å². The van der Waals surface area contributed by atoms with Crippen molar-refractivity contribution in [2.24, 2.45) is 0 Å². The predicted molar refractivity (Wildman–Crippen MR) is 31.0 cm³/mol. The largest absolute Gasteiger partial charge is 0.350 e. The molecule has 0 aromatic rings. The molecule has 0 saturated carbocycles. The van der Waals surface area contributed by atoms with E-state index in [1.807, 2.05) is 13.8 Å². The molecule has 49 valence electrons. The van der Waals surface area contributed by atoms with E-state index in [-0.39, 0.29) is 0 Å². The summed E-state index contributed by atoms with van der Waals surface area (Å²) in [6.07, 6.45) is 0.757. The lowest BCUT2D eigenvalue weighted by Gasteiger charge is -2.04. The highest BCUT2D eigenvalue weighted by Gasteiger charge is 2.00. The molecule has 8 heavy (non-hydrogen) atoms. The van der Waals surface area contributed by atoms with Gasteiger partial charge in [0.05, 0.1) is 0 Å². The molecular weight excluding hydrogens is 104 g/mol. The summed E-state index contributed by atoms with van der Waals surface area (Å²) in [5.74, 6) is 0. The topological polar surface area (TPSA) is 29.1 Å². The van der Waals surface area contributed by atoms with Crippen molar-refractivity contribution in [3.63, 3.8) is 0 Å². The SMILES string of the molecule is CCCC([O])OCC. The Labute approximate surface area is 50.5 Å². The van der Waals surface area contributed by atoms with Gasteiger partial charge in [-0.2, -0.15) is 0 Å². The van der Waals surface area contributed by atoms with Crippen molar-refractivity contribution < 1.29 is 9.84 Å². The highest BCUT2D eigenvalue weighted by molar-refractivity contribution is 4.36. The highest BCUT2D eigenvalue weighted by atomic mass is 16.6. The Hall–Kier alpha value is -0.0800. The van der Waals surface area contributed by atoms with Crippen molar-refractivity contribution in [2.75, 3.05) is 6.61 Å². The molecule has 1 radical (unpaired) electrons. The Balaban J connectivity index is 2.92. The van der Waals surface area contributed by atoms with Crippen molar-refractivity contribution in [1.82, 2.24) is 0 Å². The lowest BCUT2D eigenvalue weighted by molar-refractivity contribution is -0.139. The summed E-state index contributed by atoms with van der Waals surface area (Å²) in [6.45, 7) is 4.35. The van der Waals surface area contributed by atoms with E-state index in [4.69, 9.17) is 4.74 Å². The minimum Gasteiger partial charge on any atom is -0.350 e. The van der Waals surface area contributed by atoms with Crippen LogP contribution in [0.4, 0.5) is 0 Å². The summed E-state index contributed by atoms with van der Waals surface area (Å²) in [5, 5.41) is 10.5. The van der Waals surface area contributed by atoms with Crippen LogP contribution in [0.3, 0.4) is 0 Å². The maximum Gasteiger partial charge on any atom is 0.191 e. The van der Waals surface area contributed by atoms with Crippen molar-refractivity contribution in [1.29, 1.82) is 0 Å². The van der Waals surface area contributed by atoms with Gasteiger partial charge < -0.3 is 4.74 Å². The first-order valence-corrected chi connectivity index (χ1v) is 3.08. The van der Waals surface area contributed by atoms with Crippen LogP contribution in [0.15, 0.2) is 0 Å². The zero-order valence-corrected chi connectivity index (χ0v) is 5.52. The molecule has 0 bridgehead atoms. The summed E-state index contributed by atoms with van der Waals surface area (Å²) in [7, 11) is 0. The number of hydrogen-bond acceptors (Lipinski definition) is 1. The van der Waals surface area contributed by atoms with Gasteiger partial charge in [-0.05, 0) is 6.92 Å². The number of ether oxygens (including phenoxy) is 1. The number of rotatable bonds is 4. The Morgan fingerprint density at radius 1 is 1.50 bits per heavy atom. The van der Waals surface area contributed by atoms with Crippen molar-refractivity contribution in [3.8, 4) is 0 Å². The third kappa shape index (κ3) is 4.09. The van der Waals surface area contributed by atoms with E-state index in [2.05, 4.69) is 0 Å². The molecule has 0 aromatic heterocycles. The summed E-state index contributed by atoms with van der Waals surface area (Å²) >= 11 is 0. The molecule has 0 aliphatic rings. The summed E-state index contributed by atoms with van der Waals surface area (Å²) in [4.78, 5) is 0. The molecule has 0 N–H and O–H groups in total. The van der Waals surface area contributed by atoms with Gasteiger partial charge in [-0.25, -0.2) is 5.11 Å². The van der Waals surface area contributed by atoms with Crippen LogP contribution in [0.5, 0.6) is 0 Å². The van der Waals surface area contributed by atoms with E-state index in [0.717, 1.165) is 6.42 Å². The smallest absolute Gasteiger partial charge is 0.191 e. The highest BCUT2D eigenvalue weighted by Crippen LogP contribution is 1.96. The van der Waals surface area contributed by atoms with E-state index in [9.17, 15) is 5.11 Å². The molecule has 0 spiro atoms. The van der Waals surface area contributed by atoms with Gasteiger partial charge >= 0.3 is 0 Å². The zero-order chi connectivity index (χ0) is 6.41. The third-order valence-corrected chi connectivity index (χ3v) is 0.877. The molecule has 0 amide bonds. The quantitative estimate of drug-likeness (QED) is 0.514. The fourth-order valence-corrected chi connectivity index (χ4v) is 0.505. The van der Waals surface area contributed by atoms with Crippen LogP contribution >= 0.6 is 0 Å². The second kappa shape index (κ2) is 5.06. The van der Waals surface area contributed by atoms with Gasteiger partial charge in [0.25, 0.3) is 0 Å². The van der Waals surface area contributed by atoms with E-state index in [1.165, 1.54) is 0 Å². The molecule has 1 atom stereocenters. The maximum absolute atomic E-state index is 10.5. The van der Waals surface area contributed by atoms with E-state index in [1.54, 1.807) is 0 Å². The van der Waals surface area contributed by atoms with Crippen LogP contribution in [0.2, 0.25) is 0 Å². The van der Waals surface area contributed by atoms with Crippen molar-refractivity contribution in [3.05, 3.63) is 0 Å². The Morgan fingerprint density at radius 3 is 2.50 bits per heavy atom. The van der Waals surface area contributed by atoms with Gasteiger partial charge in [-0.3, -0.25) is 0 Å². The summed E-state index contributed by atoms with van der Waals surface area (Å²) < 4.78 is 4.73. The van der Waals surface area contributed by atoms with E-state index >= 15 is 0 Å². The lowest BCUT2D eigenvalue weighted by Crippen LogP contribution is -2.08. The molecule has 0 aliphatic heterocycles. The van der Waals surface area contributed by atoms with Gasteiger partial charge in [0, 0.05) is 13.0 Å². The fourth-order valence-electron chi connectivity index (χ4n) is 0.505. The average molecular weight is 117 g/mol. The van der Waals surface area contributed by atoms with E-state index < -0.39 is 6.29 Å². The van der Waals surface area contributed by atoms with Crippen LogP contribution in [-0.4, -0.2) is 12.9 Å². The molecule has 2 heteroatoms. The van der Waals surface area contributed by atoms with Crippen LogP contribution in [-0.2, 0) is 9.84 Å². The molecule has 2 nitrogen and oxygen atoms in total. The minimum atomic E-state index is -0.787. The molecule has 0 saturated heterocycles. The van der Waals surface area contributed by atoms with Crippen LogP contribution in [0.1, 0.15) is 26.7 Å². The van der Waals surface area contributed by atoms with Crippen LogP contribution in [0.25, 0.3) is 0 Å². The summed E-state index contributed by atoms with van der Waals surface area (Å²) in [6, 6.07) is 0. The predicted octanol–water partition coefficient (Wildman–Crippen LogP) is 1.58. The standard InChI is InChI=1S/C6H13O2/c1-3-5-6(7)8-4-2/h6H,3-5H2,1-2H3. The van der Waals surface area contributed by atoms with Gasteiger partial charge in [-0.1, -0.05) is 13.3 Å². The molecule has 0 aliphatic carbocycles. The van der Waals surface area contributed by atoms with Gasteiger partial charge in [0.2, 0.25) is 0 Å². The normalized spacial score (nSPS) is 13.9. The summed E-state index contributed by atoms with van der Waals surface area (Å²) in [5.41, 5.74) is 0. The molecular formula is C6H13O2. The first-order chi connectivity index (χ1) is 3.81. The molecule has 1 unspecified atom stereocenters. The first-order valence-electron chi connectivity index (χ1n) is 3.08. The van der Waals surface area contributed by atoms with Gasteiger partial charge in [-0.15, -0.1) is 0 Å². The Bertz CT molecular complexity index is 39.8. The zero-order valence-electron chi connectivity index (χ0n) is 5.52. The Kier molecular flexibility index (Phi) is 5.01. The first kappa shape index (κ1) is 7.92. The number of hydrogen-bond donors (Lipinski definition) is 0. The third-order valence-electron chi connectivity index (χ3n) is 0.877. The molecule has 0 rings (SSSR count). The van der Waals surface area contributed by atoms with Gasteiger partial charge in [0.1, 0.15) is 0 Å². The second-order valence-electron chi connectivity index (χ2n) is 1.67. The van der Waals surface area contributed by atoms with Crippen LogP contribution < -0.4 is 0 Å². The van der Waals surface area contributed by atoms with Crippen molar-refractivity contribution >= 4 is 0 Å². The van der Waals surface area contributed by atoms with E-state index in [0.29, 0.717) is 13.0 Å². The maximum atomic E-state index is 10.5. The Morgan fingerprint density at radius 2 is 2.12 bits per heavy atom. The molecule has 0 fully saturated rings.